The van der Waals surface area contributed by atoms with Gasteiger partial charge in [-0.3, -0.25) is 4.79 Å². The van der Waals surface area contributed by atoms with Crippen LogP contribution >= 0.6 is 0 Å². The highest BCUT2D eigenvalue weighted by molar-refractivity contribution is 5.99. The third-order valence-electron chi connectivity index (χ3n) is 7.91. The molecule has 1 amide bonds. The molecule has 0 saturated heterocycles. The van der Waals surface area contributed by atoms with Crippen LogP contribution in [0.15, 0.2) is 97.1 Å². The van der Waals surface area contributed by atoms with Crippen molar-refractivity contribution in [3.8, 4) is 39.9 Å². The molecule has 5 aromatic rings. The summed E-state index contributed by atoms with van der Waals surface area (Å²) in [6.45, 7) is 2.39. The molecule has 0 saturated carbocycles. The Morgan fingerprint density at radius 2 is 1.61 bits per heavy atom. The van der Waals surface area contributed by atoms with Crippen LogP contribution < -0.4 is 14.2 Å². The van der Waals surface area contributed by atoms with Gasteiger partial charge in [-0.1, -0.05) is 74.0 Å². The number of alkyl halides is 4. The van der Waals surface area contributed by atoms with Crippen LogP contribution in [-0.4, -0.2) is 39.7 Å². The van der Waals surface area contributed by atoms with E-state index >= 15 is 0 Å². The van der Waals surface area contributed by atoms with E-state index in [1.54, 1.807) is 30.3 Å². The summed E-state index contributed by atoms with van der Waals surface area (Å²) in [6, 6.07) is 25.7. The van der Waals surface area contributed by atoms with E-state index in [0.29, 0.717) is 47.0 Å². The van der Waals surface area contributed by atoms with Gasteiger partial charge in [0.15, 0.2) is 11.5 Å². The van der Waals surface area contributed by atoms with E-state index in [9.17, 15) is 26.7 Å². The lowest BCUT2D eigenvalue weighted by Gasteiger charge is -2.25. The number of imidazole rings is 1. The minimum absolute atomic E-state index is 0.0238. The number of halogens is 5. The van der Waals surface area contributed by atoms with E-state index in [1.807, 2.05) is 41.8 Å². The second kappa shape index (κ2) is 14.4. The van der Waals surface area contributed by atoms with E-state index < -0.39 is 30.0 Å². The molecule has 49 heavy (non-hydrogen) atoms. The van der Waals surface area contributed by atoms with E-state index in [2.05, 4.69) is 4.74 Å². The number of hydrogen-bond donors (Lipinski definition) is 0. The predicted octanol–water partition coefficient (Wildman–Crippen LogP) is 8.96. The van der Waals surface area contributed by atoms with Gasteiger partial charge < -0.3 is 23.7 Å². The quantitative estimate of drug-likeness (QED) is 0.117. The van der Waals surface area contributed by atoms with Crippen molar-refractivity contribution in [2.45, 2.75) is 51.9 Å². The minimum atomic E-state index is -4.71. The van der Waals surface area contributed by atoms with E-state index in [-0.39, 0.29) is 31.3 Å². The molecule has 6 rings (SSSR count). The molecule has 0 radical (unpaired) electrons. The van der Waals surface area contributed by atoms with Crippen molar-refractivity contribution in [1.82, 2.24) is 14.5 Å². The number of rotatable bonds is 13. The zero-order chi connectivity index (χ0) is 34.5. The van der Waals surface area contributed by atoms with Crippen molar-refractivity contribution in [3.05, 3.63) is 120 Å². The summed E-state index contributed by atoms with van der Waals surface area (Å²) in [4.78, 5) is 21.4. The number of carbonyl (C=O) groups is 1. The molecule has 7 nitrogen and oxygen atoms in total. The summed E-state index contributed by atoms with van der Waals surface area (Å²) in [5.74, 6) is 0.0866. The smallest absolute Gasteiger partial charge is 0.454 e. The zero-order valence-corrected chi connectivity index (χ0v) is 26.4. The van der Waals surface area contributed by atoms with Crippen molar-refractivity contribution < 1.29 is 41.0 Å². The monoisotopic (exact) mass is 677 g/mol. The Morgan fingerprint density at radius 3 is 2.35 bits per heavy atom. The Balaban J connectivity index is 1.47. The minimum Gasteiger partial charge on any atom is -0.454 e. The Labute approximate surface area is 279 Å². The molecule has 0 aliphatic carbocycles. The summed E-state index contributed by atoms with van der Waals surface area (Å²) >= 11 is 0. The number of carbonyl (C=O) groups excluding carboxylic acids is 1. The van der Waals surface area contributed by atoms with Crippen LogP contribution in [0.5, 0.6) is 17.2 Å². The maximum absolute atomic E-state index is 15.0. The molecule has 1 aliphatic heterocycles. The maximum atomic E-state index is 15.0. The molecular formula is C37H32F5N3O4. The predicted molar refractivity (Wildman–Crippen MR) is 172 cm³/mol. The van der Waals surface area contributed by atoms with Crippen molar-refractivity contribution in [1.29, 1.82) is 0 Å². The fourth-order valence-corrected chi connectivity index (χ4v) is 5.59. The number of unbranched alkanes of at least 4 members (excludes halogenated alkanes) is 1. The molecular weight excluding hydrogens is 645 g/mol. The van der Waals surface area contributed by atoms with Gasteiger partial charge in [0.2, 0.25) is 6.79 Å². The second-order valence-corrected chi connectivity index (χ2v) is 11.5. The van der Waals surface area contributed by atoms with Gasteiger partial charge in [0.05, 0.1) is 0 Å². The SMILES string of the molecule is CCCCn1c(-c2ccccc2)nc(-c2cccc(F)c2)c1C(=O)N(Cc1cccc(OC(F)(F)C(F)F)c1)Cc1ccc2c(c1)OCO2. The van der Waals surface area contributed by atoms with E-state index in [0.717, 1.165) is 18.1 Å². The summed E-state index contributed by atoms with van der Waals surface area (Å²) < 4.78 is 85.2. The lowest BCUT2D eigenvalue weighted by molar-refractivity contribution is -0.253. The van der Waals surface area contributed by atoms with Crippen molar-refractivity contribution in [2.24, 2.45) is 0 Å². The van der Waals surface area contributed by atoms with Crippen molar-refractivity contribution in [2.75, 3.05) is 6.79 Å². The molecule has 2 heterocycles. The molecule has 12 heteroatoms. The molecule has 4 aromatic carbocycles. The van der Waals surface area contributed by atoms with Gasteiger partial charge in [-0.05, 0) is 53.9 Å². The molecule has 0 spiro atoms. The third-order valence-corrected chi connectivity index (χ3v) is 7.91. The number of ether oxygens (including phenoxy) is 3. The average Bonchev–Trinajstić information content (AvgIpc) is 3.72. The van der Waals surface area contributed by atoms with Crippen LogP contribution in [0.25, 0.3) is 22.6 Å². The van der Waals surface area contributed by atoms with Gasteiger partial charge in [0.25, 0.3) is 5.91 Å². The molecule has 1 aromatic heterocycles. The first-order chi connectivity index (χ1) is 23.6. The molecule has 254 valence electrons. The van der Waals surface area contributed by atoms with Crippen LogP contribution in [0.3, 0.4) is 0 Å². The van der Waals surface area contributed by atoms with Crippen LogP contribution in [0.1, 0.15) is 41.4 Å². The lowest BCUT2D eigenvalue weighted by Crippen LogP contribution is -2.34. The van der Waals surface area contributed by atoms with Crippen molar-refractivity contribution >= 4 is 5.91 Å². The Hall–Kier alpha value is -5.39. The molecule has 0 fully saturated rings. The fraction of sp³-hybridized carbons (Fsp3) is 0.243. The standard InChI is InChI=1S/C37H32F5N3O4/c1-2-3-17-45-33(32(27-12-8-13-28(38)20-27)43-34(45)26-10-5-4-6-11-26)35(46)44(22-25-15-16-30-31(19-25)48-23-47-30)21-24-9-7-14-29(18-24)49-37(41,42)36(39)40/h4-16,18-20,36H,2-3,17,21-23H2,1H3. The van der Waals surface area contributed by atoms with Crippen LogP contribution in [-0.2, 0) is 19.6 Å². The molecule has 0 N–H and O–H groups in total. The van der Waals surface area contributed by atoms with Gasteiger partial charge >= 0.3 is 12.5 Å². The van der Waals surface area contributed by atoms with Gasteiger partial charge in [-0.25, -0.2) is 9.37 Å². The van der Waals surface area contributed by atoms with Crippen LogP contribution in [0.4, 0.5) is 22.0 Å². The summed E-state index contributed by atoms with van der Waals surface area (Å²) in [7, 11) is 0. The number of hydrogen-bond acceptors (Lipinski definition) is 5. The molecule has 0 atom stereocenters. The molecule has 1 aliphatic rings. The van der Waals surface area contributed by atoms with E-state index in [4.69, 9.17) is 14.5 Å². The number of nitrogens with zero attached hydrogens (tertiary/aromatic N) is 3. The summed E-state index contributed by atoms with van der Waals surface area (Å²) in [5, 5.41) is 0. The topological polar surface area (TPSA) is 65.8 Å². The molecule has 0 bridgehead atoms. The molecule has 0 unspecified atom stereocenters. The summed E-state index contributed by atoms with van der Waals surface area (Å²) in [6.07, 6.45) is -7.23. The largest absolute Gasteiger partial charge is 0.461 e. The zero-order valence-electron chi connectivity index (χ0n) is 26.4. The van der Waals surface area contributed by atoms with Gasteiger partial charge in [-0.15, -0.1) is 0 Å². The Morgan fingerprint density at radius 1 is 0.898 bits per heavy atom. The normalized spacial score (nSPS) is 12.4. The summed E-state index contributed by atoms with van der Waals surface area (Å²) in [5.41, 5.74) is 2.63. The number of benzene rings is 4. The number of fused-ring (bicyclic) bond motifs is 1. The Bertz CT molecular complexity index is 1930. The van der Waals surface area contributed by atoms with E-state index in [1.165, 1.54) is 35.2 Å². The third kappa shape index (κ3) is 7.53. The van der Waals surface area contributed by atoms with Crippen LogP contribution in [0.2, 0.25) is 0 Å². The first kappa shape index (κ1) is 33.5. The first-order valence-electron chi connectivity index (χ1n) is 15.7. The highest BCUT2D eigenvalue weighted by Gasteiger charge is 2.44. The van der Waals surface area contributed by atoms with Gasteiger partial charge in [0, 0.05) is 30.8 Å². The van der Waals surface area contributed by atoms with Crippen molar-refractivity contribution in [3.63, 3.8) is 0 Å². The second-order valence-electron chi connectivity index (χ2n) is 11.5. The highest BCUT2D eigenvalue weighted by Crippen LogP contribution is 2.35. The number of amides is 1. The first-order valence-corrected chi connectivity index (χ1v) is 15.7. The maximum Gasteiger partial charge on any atom is 0.461 e. The fourth-order valence-electron chi connectivity index (χ4n) is 5.59. The average molecular weight is 678 g/mol. The van der Waals surface area contributed by atoms with Crippen LogP contribution in [0, 0.1) is 5.82 Å². The van der Waals surface area contributed by atoms with Gasteiger partial charge in [-0.2, -0.15) is 17.6 Å². The highest BCUT2D eigenvalue weighted by atomic mass is 19.3. The lowest BCUT2D eigenvalue weighted by atomic mass is 10.1. The number of aromatic nitrogens is 2. The van der Waals surface area contributed by atoms with Gasteiger partial charge in [0.1, 0.15) is 28.8 Å². The Kier molecular flexibility index (Phi) is 9.84.